The van der Waals surface area contributed by atoms with E-state index in [1.54, 1.807) is 23.1 Å². The fourth-order valence-corrected chi connectivity index (χ4v) is 7.24. The highest BCUT2D eigenvalue weighted by atomic mass is 19.1. The standard InChI is InChI=1S/C32H43FN4O7/c1-32(2,3)44-31(42)35-11-8-20(9-12-35)43-21-15-19(16-21)36-13-10-22(25(33)17-36)18-4-5-23-24(14-18)30(41)37(29(23)40)26-6-7-27(38)34-28(26)39/h4-5,14,19-22,25-26,30,41H,6-13,15-17H2,1-3H3,(H,34,38,39). The molecule has 2 N–H and O–H groups in total. The van der Waals surface area contributed by atoms with Gasteiger partial charge in [0.15, 0.2) is 6.23 Å². The summed E-state index contributed by atoms with van der Waals surface area (Å²) in [5.74, 6) is -1.80. The van der Waals surface area contributed by atoms with Gasteiger partial charge in [0.1, 0.15) is 17.8 Å². The van der Waals surface area contributed by atoms with Gasteiger partial charge in [-0.25, -0.2) is 9.18 Å². The highest BCUT2D eigenvalue weighted by Gasteiger charge is 2.45. The first-order valence-corrected chi connectivity index (χ1v) is 15.9. The number of carbonyl (C=O) groups is 4. The van der Waals surface area contributed by atoms with Crippen LogP contribution in [0.2, 0.25) is 0 Å². The molecule has 0 bridgehead atoms. The molecule has 4 amide bonds. The van der Waals surface area contributed by atoms with E-state index in [1.165, 1.54) is 0 Å². The Kier molecular flexibility index (Phi) is 8.44. The van der Waals surface area contributed by atoms with Crippen molar-refractivity contribution in [1.82, 2.24) is 20.0 Å². The molecule has 1 aliphatic carbocycles. The minimum absolute atomic E-state index is 0.0969. The maximum Gasteiger partial charge on any atom is 0.410 e. The average molecular weight is 615 g/mol. The number of ether oxygens (including phenoxy) is 2. The van der Waals surface area contributed by atoms with Gasteiger partial charge in [-0.3, -0.25) is 29.5 Å². The molecule has 0 radical (unpaired) electrons. The van der Waals surface area contributed by atoms with Crippen molar-refractivity contribution in [3.8, 4) is 0 Å². The molecular weight excluding hydrogens is 571 g/mol. The van der Waals surface area contributed by atoms with E-state index in [4.69, 9.17) is 9.47 Å². The Bertz CT molecular complexity index is 1300. The predicted octanol–water partition coefficient (Wildman–Crippen LogP) is 3.01. The smallest absolute Gasteiger partial charge is 0.410 e. The van der Waals surface area contributed by atoms with Gasteiger partial charge in [-0.15, -0.1) is 0 Å². The third kappa shape index (κ3) is 6.21. The van der Waals surface area contributed by atoms with Crippen molar-refractivity contribution in [2.24, 2.45) is 0 Å². The summed E-state index contributed by atoms with van der Waals surface area (Å²) in [6, 6.07) is 4.43. The number of aliphatic hydroxyl groups excluding tert-OH is 1. The fourth-order valence-electron chi connectivity index (χ4n) is 7.24. The van der Waals surface area contributed by atoms with Gasteiger partial charge in [0.05, 0.1) is 12.2 Å². The highest BCUT2D eigenvalue weighted by Crippen LogP contribution is 2.41. The van der Waals surface area contributed by atoms with E-state index in [-0.39, 0.29) is 43.1 Å². The number of benzene rings is 1. The molecule has 11 nitrogen and oxygen atoms in total. The minimum Gasteiger partial charge on any atom is -0.444 e. The van der Waals surface area contributed by atoms with Crippen LogP contribution in [-0.2, 0) is 19.1 Å². The SMILES string of the molecule is CC(C)(C)OC(=O)N1CCC(OC2CC(N3CCC(c4ccc5c(c4)C(O)N(C4CCC(=O)NC4=O)C5=O)C(F)C3)C2)CC1. The molecule has 44 heavy (non-hydrogen) atoms. The van der Waals surface area contributed by atoms with Crippen LogP contribution in [0.5, 0.6) is 0 Å². The number of carbonyl (C=O) groups excluding carboxylic acids is 4. The van der Waals surface area contributed by atoms with E-state index >= 15 is 4.39 Å². The minimum atomic E-state index is -1.32. The molecule has 12 heteroatoms. The molecule has 0 spiro atoms. The number of nitrogens with one attached hydrogen (secondary N) is 1. The number of likely N-dealkylation sites (tertiary alicyclic amines) is 2. The molecular formula is C32H43FN4O7. The Balaban J connectivity index is 0.977. The summed E-state index contributed by atoms with van der Waals surface area (Å²) in [5, 5.41) is 13.3. The molecule has 1 aromatic rings. The predicted molar refractivity (Wildman–Crippen MR) is 156 cm³/mol. The lowest BCUT2D eigenvalue weighted by molar-refractivity contribution is -0.139. The molecule has 1 saturated carbocycles. The van der Waals surface area contributed by atoms with E-state index in [1.807, 2.05) is 20.8 Å². The van der Waals surface area contributed by atoms with Crippen molar-refractivity contribution >= 4 is 23.8 Å². The van der Waals surface area contributed by atoms with Gasteiger partial charge < -0.3 is 19.5 Å². The lowest BCUT2D eigenvalue weighted by atomic mass is 9.82. The number of halogens is 1. The number of piperidine rings is 3. The van der Waals surface area contributed by atoms with Crippen molar-refractivity contribution in [3.05, 3.63) is 34.9 Å². The third-order valence-corrected chi connectivity index (χ3v) is 9.69. The number of fused-ring (bicyclic) bond motifs is 1. The lowest BCUT2D eigenvalue weighted by Gasteiger charge is -2.47. The van der Waals surface area contributed by atoms with Gasteiger partial charge in [-0.05, 0) is 77.5 Å². The number of hydrogen-bond donors (Lipinski definition) is 2. The number of aliphatic hydroxyl groups is 1. The van der Waals surface area contributed by atoms with Gasteiger partial charge in [0.2, 0.25) is 11.8 Å². The monoisotopic (exact) mass is 614 g/mol. The molecule has 4 aliphatic heterocycles. The molecule has 0 aromatic heterocycles. The number of amides is 4. The quantitative estimate of drug-likeness (QED) is 0.485. The molecule has 4 heterocycles. The van der Waals surface area contributed by atoms with E-state index in [2.05, 4.69) is 10.2 Å². The molecule has 3 saturated heterocycles. The maximum absolute atomic E-state index is 15.6. The highest BCUT2D eigenvalue weighted by molar-refractivity contribution is 6.05. The van der Waals surface area contributed by atoms with Crippen molar-refractivity contribution < 1.29 is 38.1 Å². The van der Waals surface area contributed by atoms with Gasteiger partial charge in [-0.2, -0.15) is 0 Å². The maximum atomic E-state index is 15.6. The van der Waals surface area contributed by atoms with Crippen LogP contribution in [0.25, 0.3) is 0 Å². The topological polar surface area (TPSA) is 129 Å². The van der Waals surface area contributed by atoms with Gasteiger partial charge in [0.25, 0.3) is 5.91 Å². The van der Waals surface area contributed by atoms with Crippen LogP contribution in [0.3, 0.4) is 0 Å². The van der Waals surface area contributed by atoms with Crippen molar-refractivity contribution in [2.75, 3.05) is 26.2 Å². The van der Waals surface area contributed by atoms with Gasteiger partial charge in [0, 0.05) is 49.1 Å². The van der Waals surface area contributed by atoms with Crippen molar-refractivity contribution in [3.63, 3.8) is 0 Å². The van der Waals surface area contributed by atoms with E-state index in [0.29, 0.717) is 37.2 Å². The van der Waals surface area contributed by atoms with Gasteiger partial charge in [-0.1, -0.05) is 12.1 Å². The van der Waals surface area contributed by atoms with E-state index in [9.17, 15) is 24.3 Å². The normalized spacial score (nSPS) is 31.9. The van der Waals surface area contributed by atoms with Gasteiger partial charge >= 0.3 is 6.09 Å². The van der Waals surface area contributed by atoms with Crippen LogP contribution in [0.4, 0.5) is 9.18 Å². The molecule has 4 fully saturated rings. The van der Waals surface area contributed by atoms with Crippen molar-refractivity contribution in [1.29, 1.82) is 0 Å². The summed E-state index contributed by atoms with van der Waals surface area (Å²) in [5.41, 5.74) is 0.905. The Morgan fingerprint density at radius 3 is 2.41 bits per heavy atom. The molecule has 240 valence electrons. The number of imide groups is 1. The third-order valence-electron chi connectivity index (χ3n) is 9.69. The number of alkyl halides is 1. The number of hydrogen-bond acceptors (Lipinski definition) is 8. The zero-order valence-corrected chi connectivity index (χ0v) is 25.7. The van der Waals surface area contributed by atoms with Crippen LogP contribution in [0.1, 0.15) is 99.3 Å². The van der Waals surface area contributed by atoms with E-state index < -0.39 is 41.8 Å². The molecule has 4 atom stereocenters. The summed E-state index contributed by atoms with van der Waals surface area (Å²) in [6.45, 7) is 7.90. The zero-order valence-electron chi connectivity index (χ0n) is 25.7. The van der Waals surface area contributed by atoms with Crippen LogP contribution < -0.4 is 5.32 Å². The number of rotatable bonds is 5. The van der Waals surface area contributed by atoms with E-state index in [0.717, 1.165) is 42.7 Å². The first-order valence-electron chi connectivity index (χ1n) is 15.9. The second-order valence-corrected chi connectivity index (χ2v) is 13.9. The second-order valence-electron chi connectivity index (χ2n) is 13.9. The Hall–Kier alpha value is -3.09. The molecule has 4 unspecified atom stereocenters. The summed E-state index contributed by atoms with van der Waals surface area (Å²) < 4.78 is 27.4. The first kappa shape index (κ1) is 30.9. The zero-order chi connectivity index (χ0) is 31.3. The van der Waals surface area contributed by atoms with Crippen LogP contribution in [0.15, 0.2) is 18.2 Å². The lowest BCUT2D eigenvalue weighted by Crippen LogP contribution is -2.54. The second kappa shape index (κ2) is 12.0. The summed E-state index contributed by atoms with van der Waals surface area (Å²) in [4.78, 5) is 54.4. The summed E-state index contributed by atoms with van der Waals surface area (Å²) in [7, 11) is 0. The number of nitrogens with zero attached hydrogens (tertiary/aromatic N) is 3. The fraction of sp³-hybridized carbons (Fsp3) is 0.688. The largest absolute Gasteiger partial charge is 0.444 e. The van der Waals surface area contributed by atoms with Crippen molar-refractivity contribution in [2.45, 2.75) is 114 Å². The molecule has 6 rings (SSSR count). The van der Waals surface area contributed by atoms with Crippen LogP contribution in [0, 0.1) is 0 Å². The van der Waals surface area contributed by atoms with Crippen LogP contribution >= 0.6 is 0 Å². The van der Waals surface area contributed by atoms with Crippen LogP contribution in [-0.4, -0.2) is 106 Å². The Morgan fingerprint density at radius 1 is 1.02 bits per heavy atom. The summed E-state index contributed by atoms with van der Waals surface area (Å²) >= 11 is 0. The Morgan fingerprint density at radius 2 is 1.75 bits per heavy atom. The first-order chi connectivity index (χ1) is 20.9. The molecule has 1 aromatic carbocycles. The summed E-state index contributed by atoms with van der Waals surface area (Å²) in [6.07, 6.45) is 1.74. The Labute approximate surface area is 257 Å². The molecule has 5 aliphatic rings. The average Bonchev–Trinajstić information content (AvgIpc) is 3.18.